The Morgan fingerprint density at radius 3 is 1.95 bits per heavy atom. The third kappa shape index (κ3) is 3.50. The number of ketones is 1. The Labute approximate surface area is 119 Å². The van der Waals surface area contributed by atoms with Crippen LogP contribution in [0, 0.1) is 10.1 Å². The number of non-ortho nitro benzene ring substituents is 1. The highest BCUT2D eigenvalue weighted by Gasteiger charge is 2.10. The lowest BCUT2D eigenvalue weighted by Crippen LogP contribution is -2.04. The lowest BCUT2D eigenvalue weighted by Gasteiger charge is -2.02. The number of hydrogen-bond donors (Lipinski definition) is 1. The minimum Gasteiger partial charge on any atom is -0.478 e. The zero-order valence-electron chi connectivity index (χ0n) is 10.9. The summed E-state index contributed by atoms with van der Waals surface area (Å²) in [5, 5.41) is 19.3. The predicted molar refractivity (Wildman–Crippen MR) is 74.5 cm³/mol. The van der Waals surface area contributed by atoms with Crippen molar-refractivity contribution in [1.29, 1.82) is 0 Å². The standard InChI is InChI=1S/C15H11NO5/c17-14(11-3-5-12(6-4-11)15(18)19)9-10-1-7-13(8-2-10)16(20)21/h1-8H,9H2,(H,18,19). The first-order valence-corrected chi connectivity index (χ1v) is 6.07. The first-order chi connectivity index (χ1) is 9.97. The van der Waals surface area contributed by atoms with Crippen molar-refractivity contribution in [3.8, 4) is 0 Å². The van der Waals surface area contributed by atoms with Crippen LogP contribution in [0.5, 0.6) is 0 Å². The number of carbonyl (C=O) groups excluding carboxylic acids is 1. The summed E-state index contributed by atoms with van der Waals surface area (Å²) in [4.78, 5) is 32.8. The van der Waals surface area contributed by atoms with Gasteiger partial charge in [0.25, 0.3) is 5.69 Å². The number of nitrogens with zero attached hydrogens (tertiary/aromatic N) is 1. The molecule has 6 heteroatoms. The summed E-state index contributed by atoms with van der Waals surface area (Å²) in [7, 11) is 0. The van der Waals surface area contributed by atoms with E-state index in [0.29, 0.717) is 11.1 Å². The van der Waals surface area contributed by atoms with E-state index in [1.165, 1.54) is 48.5 Å². The Balaban J connectivity index is 2.10. The van der Waals surface area contributed by atoms with E-state index in [2.05, 4.69) is 0 Å². The number of Topliss-reactive ketones (excluding diaryl/α,β-unsaturated/α-hetero) is 1. The lowest BCUT2D eigenvalue weighted by atomic mass is 10.0. The number of aromatic carboxylic acids is 1. The molecule has 21 heavy (non-hydrogen) atoms. The van der Waals surface area contributed by atoms with E-state index >= 15 is 0 Å². The van der Waals surface area contributed by atoms with Crippen LogP contribution >= 0.6 is 0 Å². The second kappa shape index (κ2) is 5.96. The molecule has 0 saturated heterocycles. The molecule has 0 saturated carbocycles. The number of benzene rings is 2. The molecule has 0 fully saturated rings. The summed E-state index contributed by atoms with van der Waals surface area (Å²) in [6, 6.07) is 11.4. The van der Waals surface area contributed by atoms with E-state index in [0.717, 1.165) is 0 Å². The maximum absolute atomic E-state index is 12.0. The van der Waals surface area contributed by atoms with Crippen LogP contribution in [0.3, 0.4) is 0 Å². The Bertz CT molecular complexity index is 689. The van der Waals surface area contributed by atoms with E-state index < -0.39 is 10.9 Å². The van der Waals surface area contributed by atoms with Gasteiger partial charge in [0.15, 0.2) is 5.78 Å². The minimum absolute atomic E-state index is 0.0305. The Hall–Kier alpha value is -3.02. The molecule has 106 valence electrons. The third-order valence-corrected chi connectivity index (χ3v) is 2.97. The molecule has 0 radical (unpaired) electrons. The molecule has 0 bridgehead atoms. The molecule has 6 nitrogen and oxygen atoms in total. The second-order valence-electron chi connectivity index (χ2n) is 4.41. The lowest BCUT2D eigenvalue weighted by molar-refractivity contribution is -0.384. The van der Waals surface area contributed by atoms with Gasteiger partial charge in [0.2, 0.25) is 0 Å². The van der Waals surface area contributed by atoms with Gasteiger partial charge in [0, 0.05) is 24.1 Å². The number of nitro benzene ring substituents is 1. The van der Waals surface area contributed by atoms with Gasteiger partial charge in [-0.2, -0.15) is 0 Å². The molecule has 0 unspecified atom stereocenters. The quantitative estimate of drug-likeness (QED) is 0.517. The van der Waals surface area contributed by atoms with Gasteiger partial charge < -0.3 is 5.11 Å². The van der Waals surface area contributed by atoms with Gasteiger partial charge in [-0.25, -0.2) is 4.79 Å². The molecule has 0 aliphatic heterocycles. The number of rotatable bonds is 5. The second-order valence-corrected chi connectivity index (χ2v) is 4.41. The SMILES string of the molecule is O=C(O)c1ccc(C(=O)Cc2ccc([N+](=O)[O-])cc2)cc1. The Morgan fingerprint density at radius 1 is 0.952 bits per heavy atom. The normalized spacial score (nSPS) is 10.1. The number of carboxylic acid groups (broad SMARTS) is 1. The van der Waals surface area contributed by atoms with Crippen molar-refractivity contribution in [3.63, 3.8) is 0 Å². The van der Waals surface area contributed by atoms with Crippen molar-refractivity contribution < 1.29 is 19.6 Å². The topological polar surface area (TPSA) is 97.5 Å². The molecule has 0 aromatic heterocycles. The Morgan fingerprint density at radius 2 is 1.48 bits per heavy atom. The summed E-state index contributed by atoms with van der Waals surface area (Å²) in [5.41, 5.74) is 1.14. The van der Waals surface area contributed by atoms with Crippen LogP contribution in [0.2, 0.25) is 0 Å². The van der Waals surface area contributed by atoms with Crippen LogP contribution in [0.15, 0.2) is 48.5 Å². The fourth-order valence-corrected chi connectivity index (χ4v) is 1.82. The number of carboxylic acids is 1. The van der Waals surface area contributed by atoms with Crippen molar-refractivity contribution in [1.82, 2.24) is 0 Å². The number of hydrogen-bond acceptors (Lipinski definition) is 4. The summed E-state index contributed by atoms with van der Waals surface area (Å²) < 4.78 is 0. The molecular formula is C15H11NO5. The van der Waals surface area contributed by atoms with Crippen molar-refractivity contribution in [2.24, 2.45) is 0 Å². The van der Waals surface area contributed by atoms with E-state index in [9.17, 15) is 19.7 Å². The molecule has 0 heterocycles. The fourth-order valence-electron chi connectivity index (χ4n) is 1.82. The molecule has 0 aliphatic carbocycles. The molecule has 2 rings (SSSR count). The number of carbonyl (C=O) groups is 2. The van der Waals surface area contributed by atoms with Crippen molar-refractivity contribution >= 4 is 17.4 Å². The van der Waals surface area contributed by atoms with Crippen molar-refractivity contribution in [2.45, 2.75) is 6.42 Å². The van der Waals surface area contributed by atoms with Crippen molar-refractivity contribution in [2.75, 3.05) is 0 Å². The summed E-state index contributed by atoms with van der Waals surface area (Å²) in [5.74, 6) is -1.23. The van der Waals surface area contributed by atoms with E-state index in [-0.39, 0.29) is 23.5 Å². The largest absolute Gasteiger partial charge is 0.478 e. The molecule has 2 aromatic rings. The highest BCUT2D eigenvalue weighted by atomic mass is 16.6. The van der Waals surface area contributed by atoms with Gasteiger partial charge in [-0.1, -0.05) is 24.3 Å². The van der Waals surface area contributed by atoms with Gasteiger partial charge in [-0.3, -0.25) is 14.9 Å². The molecule has 0 atom stereocenters. The average Bonchev–Trinajstić information content (AvgIpc) is 2.47. The zero-order chi connectivity index (χ0) is 15.4. The molecular weight excluding hydrogens is 274 g/mol. The van der Waals surface area contributed by atoms with Gasteiger partial charge in [0.05, 0.1) is 10.5 Å². The van der Waals surface area contributed by atoms with Gasteiger partial charge in [0.1, 0.15) is 0 Å². The van der Waals surface area contributed by atoms with Gasteiger partial charge in [-0.05, 0) is 17.7 Å². The molecule has 1 N–H and O–H groups in total. The predicted octanol–water partition coefficient (Wildman–Crippen LogP) is 2.72. The maximum atomic E-state index is 12.0. The number of nitro groups is 1. The van der Waals surface area contributed by atoms with Crippen LogP contribution in [-0.4, -0.2) is 21.8 Å². The molecule has 0 spiro atoms. The smallest absolute Gasteiger partial charge is 0.335 e. The summed E-state index contributed by atoms with van der Waals surface area (Å²) in [6.45, 7) is 0. The van der Waals surface area contributed by atoms with Crippen LogP contribution in [-0.2, 0) is 6.42 Å². The van der Waals surface area contributed by atoms with Gasteiger partial charge in [-0.15, -0.1) is 0 Å². The van der Waals surface area contributed by atoms with E-state index in [1.807, 2.05) is 0 Å². The molecule has 0 aliphatic rings. The average molecular weight is 285 g/mol. The van der Waals surface area contributed by atoms with Crippen LogP contribution in [0.25, 0.3) is 0 Å². The van der Waals surface area contributed by atoms with Crippen LogP contribution in [0.1, 0.15) is 26.3 Å². The molecule has 0 amide bonds. The highest BCUT2D eigenvalue weighted by Crippen LogP contribution is 2.14. The fraction of sp³-hybridized carbons (Fsp3) is 0.0667. The zero-order valence-corrected chi connectivity index (χ0v) is 10.9. The monoisotopic (exact) mass is 285 g/mol. The van der Waals surface area contributed by atoms with Crippen LogP contribution in [0.4, 0.5) is 5.69 Å². The van der Waals surface area contributed by atoms with Crippen LogP contribution < -0.4 is 0 Å². The van der Waals surface area contributed by atoms with Crippen molar-refractivity contribution in [3.05, 3.63) is 75.3 Å². The first-order valence-electron chi connectivity index (χ1n) is 6.07. The van der Waals surface area contributed by atoms with E-state index in [1.54, 1.807) is 0 Å². The third-order valence-electron chi connectivity index (χ3n) is 2.97. The first kappa shape index (κ1) is 14.4. The summed E-state index contributed by atoms with van der Waals surface area (Å²) in [6.07, 6.45) is 0.102. The highest BCUT2D eigenvalue weighted by molar-refractivity contribution is 5.98. The van der Waals surface area contributed by atoms with Gasteiger partial charge >= 0.3 is 5.97 Å². The Kier molecular flexibility index (Phi) is 4.08. The summed E-state index contributed by atoms with van der Waals surface area (Å²) >= 11 is 0. The minimum atomic E-state index is -1.05. The maximum Gasteiger partial charge on any atom is 0.335 e. The van der Waals surface area contributed by atoms with E-state index in [4.69, 9.17) is 5.11 Å². The molecule has 2 aromatic carbocycles.